The van der Waals surface area contributed by atoms with Gasteiger partial charge in [0.15, 0.2) is 0 Å². The number of carboxylic acids is 1. The summed E-state index contributed by atoms with van der Waals surface area (Å²) in [5.41, 5.74) is 1.47. The zero-order chi connectivity index (χ0) is 21.9. The van der Waals surface area contributed by atoms with Crippen LogP contribution in [-0.4, -0.2) is 39.4 Å². The van der Waals surface area contributed by atoms with Crippen LogP contribution in [0, 0.1) is 23.7 Å². The summed E-state index contributed by atoms with van der Waals surface area (Å²) in [5, 5.41) is 29.7. The summed E-state index contributed by atoms with van der Waals surface area (Å²) in [6.45, 7) is 3.64. The number of hydrogen-bond donors (Lipinski definition) is 3. The lowest BCUT2D eigenvalue weighted by Gasteiger charge is -2.21. The van der Waals surface area contributed by atoms with Crippen LogP contribution in [0.4, 0.5) is 4.39 Å². The van der Waals surface area contributed by atoms with E-state index < -0.39 is 35.9 Å². The van der Waals surface area contributed by atoms with Crippen molar-refractivity contribution in [1.29, 1.82) is 0 Å². The molecule has 0 amide bonds. The van der Waals surface area contributed by atoms with E-state index in [1.165, 1.54) is 0 Å². The Morgan fingerprint density at radius 2 is 2.23 bits per heavy atom. The summed E-state index contributed by atoms with van der Waals surface area (Å²) in [6.07, 6.45) is 3.03. The number of carbonyl (C=O) groups is 1. The molecule has 30 heavy (non-hydrogen) atoms. The van der Waals surface area contributed by atoms with Crippen molar-refractivity contribution in [2.75, 3.05) is 0 Å². The maximum absolute atomic E-state index is 15.7. The normalized spacial score (nSPS) is 28.9. The molecule has 1 aromatic rings. The van der Waals surface area contributed by atoms with Gasteiger partial charge in [-0.3, -0.25) is 4.79 Å². The fraction of sp³-hybridized carbons (Fsp3) is 0.542. The van der Waals surface area contributed by atoms with Crippen LogP contribution < -0.4 is 4.74 Å². The molecule has 0 saturated heterocycles. The molecule has 2 aliphatic rings. The summed E-state index contributed by atoms with van der Waals surface area (Å²) in [7, 11) is 0. The van der Waals surface area contributed by atoms with Crippen LogP contribution in [0.2, 0.25) is 0 Å². The highest BCUT2D eigenvalue weighted by Crippen LogP contribution is 2.58. The van der Waals surface area contributed by atoms with Crippen LogP contribution >= 0.6 is 0 Å². The molecule has 1 aliphatic heterocycles. The first-order chi connectivity index (χ1) is 14.3. The number of aryl methyl sites for hydroxylation is 1. The summed E-state index contributed by atoms with van der Waals surface area (Å²) in [6, 6.07) is 5.44. The molecule has 0 aromatic heterocycles. The summed E-state index contributed by atoms with van der Waals surface area (Å²) < 4.78 is 21.4. The molecule has 0 bridgehead atoms. The number of hydrogen-bond acceptors (Lipinski definition) is 4. The van der Waals surface area contributed by atoms with E-state index in [0.717, 1.165) is 5.56 Å². The second-order valence-corrected chi connectivity index (χ2v) is 8.28. The molecule has 162 valence electrons. The molecular weight excluding hydrogens is 387 g/mol. The molecule has 0 spiro atoms. The monoisotopic (exact) mass is 416 g/mol. The van der Waals surface area contributed by atoms with Crippen molar-refractivity contribution in [2.24, 2.45) is 11.8 Å². The second-order valence-electron chi connectivity index (χ2n) is 8.28. The quantitative estimate of drug-likeness (QED) is 0.445. The summed E-state index contributed by atoms with van der Waals surface area (Å²) in [5.74, 6) is 2.07. The summed E-state index contributed by atoms with van der Waals surface area (Å²) in [4.78, 5) is 10.8. The highest BCUT2D eigenvalue weighted by atomic mass is 19.2. The number of aliphatic hydroxyl groups excluding tert-OH is 2. The van der Waals surface area contributed by atoms with Crippen molar-refractivity contribution in [2.45, 2.75) is 69.9 Å². The Kier molecular flexibility index (Phi) is 6.84. The Balaban J connectivity index is 1.81. The standard InChI is InChI=1S/C24H29FO5/c1-3-4-7-15(2)19(26)13-12-17-20(27)14-24(25)22(17)18-10-5-8-16(23(18)30-24)9-6-11-21(28)29/h5,8,10,12-13,15,17,19-20,22,26-27H,6-7,9,11,14H2,1-2H3,(H,28,29)/b13-12+/t15?,17-,19+,20+,22-,24-/m0/s1. The topological polar surface area (TPSA) is 87.0 Å². The fourth-order valence-electron chi connectivity index (χ4n) is 4.43. The number of aliphatic hydroxyl groups is 2. The predicted octanol–water partition coefficient (Wildman–Crippen LogP) is 3.58. The molecule has 3 N–H and O–H groups in total. The van der Waals surface area contributed by atoms with Gasteiger partial charge in [-0.05, 0) is 31.2 Å². The van der Waals surface area contributed by atoms with Crippen LogP contribution in [0.1, 0.15) is 56.6 Å². The van der Waals surface area contributed by atoms with E-state index in [9.17, 15) is 15.0 Å². The van der Waals surface area contributed by atoms with Gasteiger partial charge in [0, 0.05) is 30.7 Å². The van der Waals surface area contributed by atoms with E-state index in [0.29, 0.717) is 30.6 Å². The molecule has 1 aromatic carbocycles. The largest absolute Gasteiger partial charge is 0.481 e. The fourth-order valence-corrected chi connectivity index (χ4v) is 4.43. The number of ether oxygens (including phenoxy) is 1. The minimum absolute atomic E-state index is 0.0381. The first-order valence-corrected chi connectivity index (χ1v) is 10.4. The smallest absolute Gasteiger partial charge is 0.303 e. The van der Waals surface area contributed by atoms with Crippen LogP contribution in [0.15, 0.2) is 30.4 Å². The molecular formula is C24H29FO5. The zero-order valence-electron chi connectivity index (χ0n) is 17.3. The second kappa shape index (κ2) is 9.20. The number of para-hydroxylation sites is 1. The van der Waals surface area contributed by atoms with E-state index in [1.807, 2.05) is 19.1 Å². The van der Waals surface area contributed by atoms with Crippen molar-refractivity contribution < 1.29 is 29.2 Å². The SMILES string of the molecule is CC#CCC(C)[C@H](O)/C=C/[C@H]1[C@H](O)C[C@]2(F)Oc3c(CCCC(=O)O)cccc3[C@H]12. The number of carboxylic acid groups (broad SMARTS) is 1. The third kappa shape index (κ3) is 4.53. The molecule has 5 nitrogen and oxygen atoms in total. The maximum atomic E-state index is 15.7. The molecule has 0 radical (unpaired) electrons. The Labute approximate surface area is 176 Å². The lowest BCUT2D eigenvalue weighted by atomic mass is 9.85. The minimum Gasteiger partial charge on any atom is -0.481 e. The van der Waals surface area contributed by atoms with Gasteiger partial charge in [-0.15, -0.1) is 11.8 Å². The first kappa shape index (κ1) is 22.3. The number of alkyl halides is 1. The lowest BCUT2D eigenvalue weighted by molar-refractivity contribution is -0.137. The molecule has 6 atom stereocenters. The molecule has 1 unspecified atom stereocenters. The van der Waals surface area contributed by atoms with E-state index >= 15 is 4.39 Å². The van der Waals surface area contributed by atoms with Crippen molar-refractivity contribution in [3.8, 4) is 17.6 Å². The van der Waals surface area contributed by atoms with Gasteiger partial charge in [-0.1, -0.05) is 37.3 Å². The van der Waals surface area contributed by atoms with Gasteiger partial charge in [0.2, 0.25) is 0 Å². The average Bonchev–Trinajstić information content (AvgIpc) is 3.11. The number of rotatable bonds is 8. The minimum atomic E-state index is -2.01. The van der Waals surface area contributed by atoms with Crippen molar-refractivity contribution >= 4 is 5.97 Å². The molecule has 6 heteroatoms. The van der Waals surface area contributed by atoms with Gasteiger partial charge in [-0.25, -0.2) is 0 Å². The average molecular weight is 416 g/mol. The Hall–Kier alpha value is -2.36. The highest BCUT2D eigenvalue weighted by molar-refractivity contribution is 5.66. The van der Waals surface area contributed by atoms with Crippen LogP contribution in [-0.2, 0) is 11.2 Å². The number of halogens is 1. The van der Waals surface area contributed by atoms with E-state index in [2.05, 4.69) is 11.8 Å². The predicted molar refractivity (Wildman–Crippen MR) is 111 cm³/mol. The van der Waals surface area contributed by atoms with Crippen LogP contribution in [0.5, 0.6) is 5.75 Å². The Bertz CT molecular complexity index is 870. The van der Waals surface area contributed by atoms with Crippen LogP contribution in [0.3, 0.4) is 0 Å². The zero-order valence-corrected chi connectivity index (χ0v) is 17.3. The molecule has 1 fully saturated rings. The third-order valence-electron chi connectivity index (χ3n) is 6.07. The van der Waals surface area contributed by atoms with Gasteiger partial charge >= 0.3 is 5.97 Å². The van der Waals surface area contributed by atoms with Gasteiger partial charge < -0.3 is 20.1 Å². The summed E-state index contributed by atoms with van der Waals surface area (Å²) >= 11 is 0. The number of aliphatic carboxylic acids is 1. The van der Waals surface area contributed by atoms with Crippen molar-refractivity contribution in [3.05, 3.63) is 41.5 Å². The van der Waals surface area contributed by atoms with Crippen LogP contribution in [0.25, 0.3) is 0 Å². The van der Waals surface area contributed by atoms with Crippen molar-refractivity contribution in [3.63, 3.8) is 0 Å². The van der Waals surface area contributed by atoms with Gasteiger partial charge in [0.25, 0.3) is 5.85 Å². The van der Waals surface area contributed by atoms with E-state index in [-0.39, 0.29) is 18.8 Å². The van der Waals surface area contributed by atoms with Gasteiger partial charge in [-0.2, -0.15) is 4.39 Å². The lowest BCUT2D eigenvalue weighted by Crippen LogP contribution is -2.29. The number of benzene rings is 1. The first-order valence-electron chi connectivity index (χ1n) is 10.4. The maximum Gasteiger partial charge on any atom is 0.303 e. The van der Waals surface area contributed by atoms with Gasteiger partial charge in [0.1, 0.15) is 5.75 Å². The molecule has 3 rings (SSSR count). The molecule has 1 saturated carbocycles. The highest BCUT2D eigenvalue weighted by Gasteiger charge is 2.60. The van der Waals surface area contributed by atoms with Crippen molar-refractivity contribution in [1.82, 2.24) is 0 Å². The van der Waals surface area contributed by atoms with E-state index in [4.69, 9.17) is 9.84 Å². The Morgan fingerprint density at radius 3 is 2.93 bits per heavy atom. The Morgan fingerprint density at radius 1 is 1.47 bits per heavy atom. The van der Waals surface area contributed by atoms with Gasteiger partial charge in [0.05, 0.1) is 18.1 Å². The molecule has 1 aliphatic carbocycles. The number of fused-ring (bicyclic) bond motifs is 3. The third-order valence-corrected chi connectivity index (χ3v) is 6.07. The molecule has 1 heterocycles. The van der Waals surface area contributed by atoms with E-state index in [1.54, 1.807) is 25.1 Å².